The fraction of sp³-hybridized carbons (Fsp3) is 0.611. The lowest BCUT2D eigenvalue weighted by Gasteiger charge is -2.32. The van der Waals surface area contributed by atoms with E-state index in [1.54, 1.807) is 6.07 Å². The van der Waals surface area contributed by atoms with Gasteiger partial charge in [0, 0.05) is 32.1 Å². The highest BCUT2D eigenvalue weighted by atomic mass is 32.2. The summed E-state index contributed by atoms with van der Waals surface area (Å²) in [6.45, 7) is 1.66. The summed E-state index contributed by atoms with van der Waals surface area (Å²) in [5, 5.41) is 8.47. The molecular formula is C18H24F3N3O2S. The van der Waals surface area contributed by atoms with E-state index in [1.165, 1.54) is 6.07 Å². The van der Waals surface area contributed by atoms with Crippen LogP contribution >= 0.6 is 0 Å². The Morgan fingerprint density at radius 1 is 1.22 bits per heavy atom. The number of nitriles is 1. The number of hydrogen-bond acceptors (Lipinski definition) is 4. The van der Waals surface area contributed by atoms with Gasteiger partial charge in [0.2, 0.25) is 10.0 Å². The minimum Gasteiger partial charge on any atom is -0.299 e. The van der Waals surface area contributed by atoms with Gasteiger partial charge >= 0.3 is 6.18 Å². The van der Waals surface area contributed by atoms with Crippen LogP contribution in [0.15, 0.2) is 24.3 Å². The van der Waals surface area contributed by atoms with Crippen molar-refractivity contribution in [3.63, 3.8) is 0 Å². The fourth-order valence-corrected chi connectivity index (χ4v) is 4.57. The van der Waals surface area contributed by atoms with Crippen LogP contribution in [0.5, 0.6) is 0 Å². The number of piperidine rings is 1. The molecule has 1 heterocycles. The van der Waals surface area contributed by atoms with Gasteiger partial charge in [-0.05, 0) is 37.3 Å². The van der Waals surface area contributed by atoms with Crippen molar-refractivity contribution in [2.45, 2.75) is 50.9 Å². The smallest absolute Gasteiger partial charge is 0.299 e. The minimum absolute atomic E-state index is 0.0130. The molecular weight excluding hydrogens is 379 g/mol. The van der Waals surface area contributed by atoms with Gasteiger partial charge in [-0.25, -0.2) is 13.1 Å². The molecule has 1 N–H and O–H groups in total. The maximum Gasteiger partial charge on any atom is 0.416 e. The molecule has 1 aliphatic heterocycles. The van der Waals surface area contributed by atoms with Crippen LogP contribution < -0.4 is 4.72 Å². The van der Waals surface area contributed by atoms with E-state index in [9.17, 15) is 21.6 Å². The molecule has 0 saturated carbocycles. The van der Waals surface area contributed by atoms with Crippen LogP contribution in [0, 0.1) is 11.3 Å². The summed E-state index contributed by atoms with van der Waals surface area (Å²) in [4.78, 5) is 2.03. The Morgan fingerprint density at radius 3 is 2.56 bits per heavy atom. The second-order valence-electron chi connectivity index (χ2n) is 6.80. The highest BCUT2D eigenvalue weighted by molar-refractivity contribution is 7.89. The zero-order chi connectivity index (χ0) is 19.9. The second-order valence-corrected chi connectivity index (χ2v) is 8.67. The molecule has 1 aliphatic rings. The molecule has 1 aromatic carbocycles. The Balaban J connectivity index is 1.79. The molecule has 0 amide bonds. The first kappa shape index (κ1) is 21.7. The average Bonchev–Trinajstić information content (AvgIpc) is 2.60. The van der Waals surface area contributed by atoms with E-state index in [4.69, 9.17) is 5.26 Å². The van der Waals surface area contributed by atoms with Crippen molar-refractivity contribution in [2.75, 3.05) is 18.8 Å². The quantitative estimate of drug-likeness (QED) is 0.676. The van der Waals surface area contributed by atoms with Gasteiger partial charge in [-0.3, -0.25) is 4.90 Å². The number of rotatable bonds is 8. The van der Waals surface area contributed by atoms with Crippen molar-refractivity contribution >= 4 is 10.0 Å². The molecule has 0 radical (unpaired) electrons. The first-order valence-corrected chi connectivity index (χ1v) is 10.6. The predicted octanol–water partition coefficient (Wildman–Crippen LogP) is 3.28. The number of unbranched alkanes of at least 4 members (excludes halogenated alkanes) is 2. The third-order valence-corrected chi connectivity index (χ3v) is 6.06. The largest absolute Gasteiger partial charge is 0.416 e. The van der Waals surface area contributed by atoms with Crippen molar-refractivity contribution in [2.24, 2.45) is 0 Å². The lowest BCUT2D eigenvalue weighted by molar-refractivity contribution is -0.137. The molecule has 1 fully saturated rings. The van der Waals surface area contributed by atoms with Gasteiger partial charge in [0.15, 0.2) is 0 Å². The predicted molar refractivity (Wildman–Crippen MR) is 96.1 cm³/mol. The highest BCUT2D eigenvalue weighted by Crippen LogP contribution is 2.30. The van der Waals surface area contributed by atoms with Crippen LogP contribution in [0.4, 0.5) is 13.2 Å². The minimum atomic E-state index is -4.35. The molecule has 0 aromatic heterocycles. The summed E-state index contributed by atoms with van der Waals surface area (Å²) in [6, 6.07) is 7.14. The van der Waals surface area contributed by atoms with E-state index in [1.807, 2.05) is 11.0 Å². The zero-order valence-corrected chi connectivity index (χ0v) is 15.8. The molecule has 150 valence electrons. The van der Waals surface area contributed by atoms with E-state index < -0.39 is 21.8 Å². The van der Waals surface area contributed by atoms with Gasteiger partial charge in [-0.2, -0.15) is 18.4 Å². The van der Waals surface area contributed by atoms with Crippen LogP contribution in [0.3, 0.4) is 0 Å². The second kappa shape index (κ2) is 9.53. The third-order valence-electron chi connectivity index (χ3n) is 4.55. The summed E-state index contributed by atoms with van der Waals surface area (Å²) in [6.07, 6.45) is -1.74. The molecule has 27 heavy (non-hydrogen) atoms. The maximum absolute atomic E-state index is 12.8. The van der Waals surface area contributed by atoms with Crippen LogP contribution in [0.2, 0.25) is 0 Å². The van der Waals surface area contributed by atoms with Crippen LogP contribution in [0.1, 0.15) is 43.2 Å². The number of alkyl halides is 3. The van der Waals surface area contributed by atoms with Crippen molar-refractivity contribution in [3.05, 3.63) is 35.4 Å². The van der Waals surface area contributed by atoms with Crippen LogP contribution in [0.25, 0.3) is 0 Å². The molecule has 5 nitrogen and oxygen atoms in total. The van der Waals surface area contributed by atoms with E-state index >= 15 is 0 Å². The van der Waals surface area contributed by atoms with E-state index in [0.29, 0.717) is 57.3 Å². The van der Waals surface area contributed by atoms with Crippen molar-refractivity contribution in [1.29, 1.82) is 5.26 Å². The Morgan fingerprint density at radius 2 is 1.93 bits per heavy atom. The molecule has 9 heteroatoms. The molecule has 2 rings (SSSR count). The van der Waals surface area contributed by atoms with E-state index in [0.717, 1.165) is 12.1 Å². The first-order chi connectivity index (χ1) is 12.7. The monoisotopic (exact) mass is 403 g/mol. The summed E-state index contributed by atoms with van der Waals surface area (Å²) in [7, 11) is -3.36. The number of nitrogens with one attached hydrogen (secondary N) is 1. The molecule has 0 spiro atoms. The molecule has 0 aliphatic carbocycles. The highest BCUT2D eigenvalue weighted by Gasteiger charge is 2.30. The van der Waals surface area contributed by atoms with Gasteiger partial charge in [0.1, 0.15) is 0 Å². The molecule has 1 aromatic rings. The van der Waals surface area contributed by atoms with E-state index in [2.05, 4.69) is 4.72 Å². The van der Waals surface area contributed by atoms with E-state index in [-0.39, 0.29) is 11.8 Å². The van der Waals surface area contributed by atoms with Gasteiger partial charge < -0.3 is 0 Å². The number of hydrogen-bond donors (Lipinski definition) is 1. The molecule has 0 unspecified atom stereocenters. The van der Waals surface area contributed by atoms with Gasteiger partial charge in [-0.15, -0.1) is 0 Å². The van der Waals surface area contributed by atoms with Crippen LogP contribution in [-0.4, -0.2) is 38.2 Å². The lowest BCUT2D eigenvalue weighted by Crippen LogP contribution is -2.44. The summed E-state index contributed by atoms with van der Waals surface area (Å²) in [5.74, 6) is 0.0130. The van der Waals surface area contributed by atoms with Crippen LogP contribution in [-0.2, 0) is 22.7 Å². The fourth-order valence-electron chi connectivity index (χ4n) is 3.12. The number of sulfonamides is 1. The lowest BCUT2D eigenvalue weighted by atomic mass is 10.0. The maximum atomic E-state index is 12.8. The molecule has 1 saturated heterocycles. The average molecular weight is 403 g/mol. The molecule has 0 bridgehead atoms. The van der Waals surface area contributed by atoms with Crippen molar-refractivity contribution in [1.82, 2.24) is 9.62 Å². The number of benzene rings is 1. The topological polar surface area (TPSA) is 73.2 Å². The Hall–Kier alpha value is -1.63. The normalized spacial score (nSPS) is 17.0. The summed E-state index contributed by atoms with van der Waals surface area (Å²) in [5.41, 5.74) is -0.0552. The Kier molecular flexibility index (Phi) is 7.65. The Bertz CT molecular complexity index is 752. The van der Waals surface area contributed by atoms with Crippen molar-refractivity contribution < 1.29 is 21.6 Å². The van der Waals surface area contributed by atoms with Gasteiger partial charge in [-0.1, -0.05) is 18.2 Å². The summed E-state index contributed by atoms with van der Waals surface area (Å²) < 4.78 is 65.2. The zero-order valence-electron chi connectivity index (χ0n) is 15.0. The number of halogens is 3. The Labute approximate surface area is 158 Å². The van der Waals surface area contributed by atoms with Gasteiger partial charge in [0.25, 0.3) is 0 Å². The molecule has 0 atom stereocenters. The third kappa shape index (κ3) is 7.48. The SMILES string of the molecule is N#CCCCCS(=O)(=O)NC1CCN(Cc2cccc(C(F)(F)F)c2)CC1. The van der Waals surface area contributed by atoms with Gasteiger partial charge in [0.05, 0.1) is 17.4 Å². The van der Waals surface area contributed by atoms with Crippen molar-refractivity contribution in [3.8, 4) is 6.07 Å². The number of nitrogens with zero attached hydrogens (tertiary/aromatic N) is 2. The number of likely N-dealkylation sites (tertiary alicyclic amines) is 1. The summed E-state index contributed by atoms with van der Waals surface area (Å²) >= 11 is 0. The first-order valence-electron chi connectivity index (χ1n) is 8.95. The standard InChI is InChI=1S/C18H24F3N3O2S/c19-18(20,21)16-6-4-5-15(13-16)14-24-10-7-17(8-11-24)23-27(25,26)12-3-1-2-9-22/h4-6,13,17,23H,1-3,7-8,10-12,14H2.